The van der Waals surface area contributed by atoms with Crippen LogP contribution in [0.4, 0.5) is 5.82 Å². The number of nitrogens with zero attached hydrogens (tertiary/aromatic N) is 1. The van der Waals surface area contributed by atoms with Gasteiger partial charge >= 0.3 is 5.97 Å². The largest absolute Gasteiger partial charge is 0.480 e. The number of hydrogen-bond acceptors (Lipinski definition) is 4. The molecule has 0 spiro atoms. The van der Waals surface area contributed by atoms with Gasteiger partial charge in [-0.05, 0) is 43.7 Å². The van der Waals surface area contributed by atoms with Gasteiger partial charge in [-0.3, -0.25) is 4.79 Å². The third kappa shape index (κ3) is 3.51. The number of hydrogen-bond donors (Lipinski definition) is 3. The van der Waals surface area contributed by atoms with Gasteiger partial charge in [-0.15, -0.1) is 0 Å². The van der Waals surface area contributed by atoms with Gasteiger partial charge < -0.3 is 16.2 Å². The Kier molecular flexibility index (Phi) is 4.77. The predicted octanol–water partition coefficient (Wildman–Crippen LogP) is 1.72. The average molecular weight is 291 g/mol. The Balaban J connectivity index is 2.36. The highest BCUT2D eigenvalue weighted by Gasteiger charge is 2.22. The molecular weight excluding hydrogens is 270 g/mol. The van der Waals surface area contributed by atoms with Crippen molar-refractivity contribution in [3.8, 4) is 0 Å². The van der Waals surface area contributed by atoms with Crippen LogP contribution in [0.2, 0.25) is 0 Å². The minimum absolute atomic E-state index is 0.276. The Morgan fingerprint density at radius 1 is 1.43 bits per heavy atom. The van der Waals surface area contributed by atoms with Crippen LogP contribution in [-0.4, -0.2) is 28.0 Å². The normalized spacial score (nSPS) is 15.1. The molecular formula is C15H21N3O3. The Bertz CT molecular complexity index is 557. The smallest absolute Gasteiger partial charge is 0.326 e. The molecule has 6 nitrogen and oxygen atoms in total. The fourth-order valence-electron chi connectivity index (χ4n) is 2.64. The number of fused-ring (bicyclic) bond motifs is 1. The summed E-state index contributed by atoms with van der Waals surface area (Å²) in [5, 5.41) is 12.1. The van der Waals surface area contributed by atoms with Crippen LogP contribution in [0.15, 0.2) is 6.07 Å². The lowest BCUT2D eigenvalue weighted by atomic mass is 9.94. The first-order chi connectivity index (χ1) is 10.0. The van der Waals surface area contributed by atoms with Gasteiger partial charge in [0.25, 0.3) is 5.91 Å². The van der Waals surface area contributed by atoms with Crippen LogP contribution in [-0.2, 0) is 17.6 Å². The fraction of sp³-hybridized carbons (Fsp3) is 0.533. The molecule has 0 fully saturated rings. The molecule has 0 radical (unpaired) electrons. The fourth-order valence-corrected chi connectivity index (χ4v) is 2.64. The number of carboxylic acid groups (broad SMARTS) is 1. The predicted molar refractivity (Wildman–Crippen MR) is 79.4 cm³/mol. The molecule has 4 N–H and O–H groups in total. The molecule has 0 saturated heterocycles. The number of carbonyl (C=O) groups excluding carboxylic acids is 1. The van der Waals surface area contributed by atoms with Crippen molar-refractivity contribution in [3.63, 3.8) is 0 Å². The Morgan fingerprint density at radius 2 is 2.14 bits per heavy atom. The Morgan fingerprint density at radius 3 is 2.76 bits per heavy atom. The molecule has 0 aliphatic heterocycles. The highest BCUT2D eigenvalue weighted by atomic mass is 16.4. The van der Waals surface area contributed by atoms with Crippen LogP contribution < -0.4 is 11.1 Å². The summed E-state index contributed by atoms with van der Waals surface area (Å²) >= 11 is 0. The topological polar surface area (TPSA) is 105 Å². The number of carboxylic acids is 1. The molecule has 2 rings (SSSR count). The van der Waals surface area contributed by atoms with Gasteiger partial charge in [0.1, 0.15) is 11.9 Å². The van der Waals surface area contributed by atoms with Crippen LogP contribution in [0.25, 0.3) is 0 Å². The van der Waals surface area contributed by atoms with Crippen LogP contribution in [0.5, 0.6) is 0 Å². The standard InChI is InChI=1S/C15H21N3O3/c1-2-5-12(15(20)21)18-14-10(13(16)19)8-9-6-3-4-7-11(9)17-14/h8,12H,2-7H2,1H3,(H2,16,19)(H,17,18)(H,20,21). The number of nitrogens with two attached hydrogens (primary N) is 1. The van der Waals surface area contributed by atoms with Gasteiger partial charge in [-0.2, -0.15) is 0 Å². The zero-order valence-corrected chi connectivity index (χ0v) is 12.2. The number of carbonyl (C=O) groups is 2. The minimum Gasteiger partial charge on any atom is -0.480 e. The zero-order chi connectivity index (χ0) is 15.4. The first-order valence-corrected chi connectivity index (χ1v) is 7.34. The summed E-state index contributed by atoms with van der Waals surface area (Å²) in [7, 11) is 0. The molecule has 1 atom stereocenters. The lowest BCUT2D eigenvalue weighted by molar-refractivity contribution is -0.138. The van der Waals surface area contributed by atoms with Crippen LogP contribution in [0, 0.1) is 0 Å². The number of aliphatic carboxylic acids is 1. The summed E-state index contributed by atoms with van der Waals surface area (Å²) in [5.41, 5.74) is 7.67. The number of nitrogens with one attached hydrogen (secondary N) is 1. The number of amides is 1. The van der Waals surface area contributed by atoms with E-state index in [0.717, 1.165) is 43.4 Å². The summed E-state index contributed by atoms with van der Waals surface area (Å²) in [6.45, 7) is 1.91. The van der Waals surface area contributed by atoms with Gasteiger partial charge in [0, 0.05) is 5.69 Å². The van der Waals surface area contributed by atoms with E-state index in [-0.39, 0.29) is 5.56 Å². The molecule has 6 heteroatoms. The number of rotatable bonds is 6. The first kappa shape index (κ1) is 15.3. The Labute approximate surface area is 123 Å². The summed E-state index contributed by atoms with van der Waals surface area (Å²) in [6.07, 6.45) is 5.07. The van der Waals surface area contributed by atoms with E-state index in [0.29, 0.717) is 12.2 Å². The minimum atomic E-state index is -0.952. The molecule has 0 bridgehead atoms. The third-order valence-corrected chi connectivity index (χ3v) is 3.75. The molecule has 1 aliphatic rings. The molecule has 1 aliphatic carbocycles. The van der Waals surface area contributed by atoms with E-state index in [1.807, 2.05) is 6.92 Å². The number of primary amides is 1. The van der Waals surface area contributed by atoms with Crippen molar-refractivity contribution >= 4 is 17.7 Å². The van der Waals surface area contributed by atoms with E-state index >= 15 is 0 Å². The highest BCUT2D eigenvalue weighted by molar-refractivity contribution is 5.98. The lowest BCUT2D eigenvalue weighted by Crippen LogP contribution is -2.31. The van der Waals surface area contributed by atoms with Gasteiger partial charge in [-0.25, -0.2) is 9.78 Å². The van der Waals surface area contributed by atoms with E-state index in [2.05, 4.69) is 10.3 Å². The molecule has 21 heavy (non-hydrogen) atoms. The highest BCUT2D eigenvalue weighted by Crippen LogP contribution is 2.25. The summed E-state index contributed by atoms with van der Waals surface area (Å²) < 4.78 is 0. The maximum Gasteiger partial charge on any atom is 0.326 e. The van der Waals surface area contributed by atoms with E-state index in [1.54, 1.807) is 6.07 Å². The maximum absolute atomic E-state index is 11.6. The molecule has 0 aromatic carbocycles. The zero-order valence-electron chi connectivity index (χ0n) is 12.2. The van der Waals surface area contributed by atoms with Crippen molar-refractivity contribution < 1.29 is 14.7 Å². The quantitative estimate of drug-likeness (QED) is 0.740. The second-order valence-corrected chi connectivity index (χ2v) is 5.39. The van der Waals surface area contributed by atoms with Crippen LogP contribution in [0.1, 0.15) is 54.2 Å². The van der Waals surface area contributed by atoms with Gasteiger partial charge in [0.15, 0.2) is 0 Å². The summed E-state index contributed by atoms with van der Waals surface area (Å²) in [4.78, 5) is 27.3. The number of aryl methyl sites for hydroxylation is 2. The average Bonchev–Trinajstić information content (AvgIpc) is 2.45. The van der Waals surface area contributed by atoms with Crippen LogP contribution in [0.3, 0.4) is 0 Å². The van der Waals surface area contributed by atoms with Crippen molar-refractivity contribution in [2.45, 2.75) is 51.5 Å². The third-order valence-electron chi connectivity index (χ3n) is 3.75. The second kappa shape index (κ2) is 6.56. The SMILES string of the molecule is CCCC(Nc1nc2c(cc1C(N)=O)CCCC2)C(=O)O. The van der Waals surface area contributed by atoms with Gasteiger partial charge in [0.05, 0.1) is 5.56 Å². The Hall–Kier alpha value is -2.11. The number of aromatic nitrogens is 1. The second-order valence-electron chi connectivity index (χ2n) is 5.39. The van der Waals surface area contributed by atoms with E-state index in [4.69, 9.17) is 5.73 Å². The van der Waals surface area contributed by atoms with Crippen molar-refractivity contribution in [1.29, 1.82) is 0 Å². The van der Waals surface area contributed by atoms with E-state index in [1.165, 1.54) is 0 Å². The van der Waals surface area contributed by atoms with Crippen molar-refractivity contribution in [1.82, 2.24) is 4.98 Å². The maximum atomic E-state index is 11.6. The molecule has 0 saturated carbocycles. The molecule has 114 valence electrons. The van der Waals surface area contributed by atoms with Gasteiger partial charge in [0.2, 0.25) is 0 Å². The number of pyridine rings is 1. The molecule has 1 unspecified atom stereocenters. The van der Waals surface area contributed by atoms with E-state index in [9.17, 15) is 14.7 Å². The number of anilines is 1. The van der Waals surface area contributed by atoms with E-state index < -0.39 is 17.9 Å². The molecule has 1 amide bonds. The van der Waals surface area contributed by atoms with Crippen molar-refractivity contribution in [2.24, 2.45) is 5.73 Å². The molecule has 1 heterocycles. The first-order valence-electron chi connectivity index (χ1n) is 7.34. The monoisotopic (exact) mass is 291 g/mol. The van der Waals surface area contributed by atoms with Crippen molar-refractivity contribution in [3.05, 3.63) is 22.9 Å². The van der Waals surface area contributed by atoms with Crippen LogP contribution >= 0.6 is 0 Å². The van der Waals surface area contributed by atoms with Gasteiger partial charge in [-0.1, -0.05) is 13.3 Å². The molecule has 1 aromatic heterocycles. The molecule has 1 aromatic rings. The summed E-state index contributed by atoms with van der Waals surface area (Å²) in [6, 6.07) is 0.999. The lowest BCUT2D eigenvalue weighted by Gasteiger charge is -2.20. The van der Waals surface area contributed by atoms with Crippen molar-refractivity contribution in [2.75, 3.05) is 5.32 Å². The summed E-state index contributed by atoms with van der Waals surface area (Å²) in [5.74, 6) is -1.24.